The SMILES string of the molecule is COc1ccc(NC(=O)c2cccc(C(=O)NC(C)(C)C)c2)c(OC)c1. The van der Waals surface area contributed by atoms with Gasteiger partial charge in [-0.05, 0) is 51.1 Å². The monoisotopic (exact) mass is 356 g/mol. The Morgan fingerprint density at radius 2 is 1.54 bits per heavy atom. The maximum absolute atomic E-state index is 12.6. The smallest absolute Gasteiger partial charge is 0.255 e. The van der Waals surface area contributed by atoms with Gasteiger partial charge in [0.2, 0.25) is 0 Å². The van der Waals surface area contributed by atoms with E-state index in [0.717, 1.165) is 0 Å². The lowest BCUT2D eigenvalue weighted by Gasteiger charge is -2.20. The predicted molar refractivity (Wildman–Crippen MR) is 101 cm³/mol. The van der Waals surface area contributed by atoms with Crippen molar-refractivity contribution in [3.63, 3.8) is 0 Å². The van der Waals surface area contributed by atoms with Crippen LogP contribution in [0.5, 0.6) is 11.5 Å². The van der Waals surface area contributed by atoms with Crippen LogP contribution in [0, 0.1) is 0 Å². The van der Waals surface area contributed by atoms with Crippen molar-refractivity contribution in [1.82, 2.24) is 5.32 Å². The summed E-state index contributed by atoms with van der Waals surface area (Å²) in [6.07, 6.45) is 0. The van der Waals surface area contributed by atoms with Crippen LogP contribution < -0.4 is 20.1 Å². The van der Waals surface area contributed by atoms with Crippen molar-refractivity contribution in [2.24, 2.45) is 0 Å². The molecule has 0 unspecified atom stereocenters. The molecule has 138 valence electrons. The number of amides is 2. The standard InChI is InChI=1S/C20H24N2O4/c1-20(2,3)22-19(24)14-8-6-7-13(11-14)18(23)21-16-10-9-15(25-4)12-17(16)26-5/h6-12H,1-5H3,(H,21,23)(H,22,24). The van der Waals surface area contributed by atoms with Gasteiger partial charge in [-0.3, -0.25) is 9.59 Å². The van der Waals surface area contributed by atoms with E-state index in [1.165, 1.54) is 7.11 Å². The van der Waals surface area contributed by atoms with Gasteiger partial charge in [0, 0.05) is 22.7 Å². The van der Waals surface area contributed by atoms with Crippen LogP contribution in [-0.2, 0) is 0 Å². The zero-order valence-corrected chi connectivity index (χ0v) is 15.7. The summed E-state index contributed by atoms with van der Waals surface area (Å²) in [6.45, 7) is 5.70. The fourth-order valence-electron chi connectivity index (χ4n) is 2.31. The summed E-state index contributed by atoms with van der Waals surface area (Å²) < 4.78 is 10.4. The van der Waals surface area contributed by atoms with E-state index in [-0.39, 0.29) is 17.4 Å². The highest BCUT2D eigenvalue weighted by Gasteiger charge is 2.17. The van der Waals surface area contributed by atoms with Crippen molar-refractivity contribution in [3.8, 4) is 11.5 Å². The van der Waals surface area contributed by atoms with Gasteiger partial charge >= 0.3 is 0 Å². The molecular formula is C20H24N2O4. The van der Waals surface area contributed by atoms with E-state index in [1.54, 1.807) is 49.6 Å². The Bertz CT molecular complexity index is 810. The molecule has 2 N–H and O–H groups in total. The highest BCUT2D eigenvalue weighted by molar-refractivity contribution is 6.06. The second kappa shape index (κ2) is 7.91. The number of rotatable bonds is 5. The van der Waals surface area contributed by atoms with Crippen molar-refractivity contribution in [3.05, 3.63) is 53.6 Å². The molecule has 26 heavy (non-hydrogen) atoms. The Morgan fingerprint density at radius 3 is 2.12 bits per heavy atom. The molecule has 6 heteroatoms. The maximum Gasteiger partial charge on any atom is 0.255 e. The Morgan fingerprint density at radius 1 is 0.885 bits per heavy atom. The fourth-order valence-corrected chi connectivity index (χ4v) is 2.31. The Labute approximate surface area is 153 Å². The van der Waals surface area contributed by atoms with E-state index in [2.05, 4.69) is 10.6 Å². The number of ether oxygens (including phenoxy) is 2. The van der Waals surface area contributed by atoms with Gasteiger partial charge in [0.25, 0.3) is 11.8 Å². The van der Waals surface area contributed by atoms with Gasteiger partial charge in [-0.15, -0.1) is 0 Å². The van der Waals surface area contributed by atoms with Crippen LogP contribution in [0.25, 0.3) is 0 Å². The highest BCUT2D eigenvalue weighted by atomic mass is 16.5. The first-order valence-electron chi connectivity index (χ1n) is 8.19. The van der Waals surface area contributed by atoms with Gasteiger partial charge in [0.15, 0.2) is 0 Å². The topological polar surface area (TPSA) is 76.7 Å². The summed E-state index contributed by atoms with van der Waals surface area (Å²) in [6, 6.07) is 11.7. The van der Waals surface area contributed by atoms with E-state index in [9.17, 15) is 9.59 Å². The molecule has 2 rings (SSSR count). The lowest BCUT2D eigenvalue weighted by atomic mass is 10.1. The van der Waals surface area contributed by atoms with E-state index in [0.29, 0.717) is 28.3 Å². The summed E-state index contributed by atoms with van der Waals surface area (Å²) in [5.74, 6) is 0.549. The molecule has 0 heterocycles. The average molecular weight is 356 g/mol. The molecule has 0 aliphatic carbocycles. The minimum atomic E-state index is -0.355. The summed E-state index contributed by atoms with van der Waals surface area (Å²) in [5, 5.41) is 5.67. The molecule has 2 aromatic carbocycles. The number of benzene rings is 2. The zero-order valence-electron chi connectivity index (χ0n) is 15.7. The molecule has 0 aliphatic heterocycles. The van der Waals surface area contributed by atoms with Gasteiger partial charge in [0.1, 0.15) is 11.5 Å². The van der Waals surface area contributed by atoms with E-state index < -0.39 is 0 Å². The van der Waals surface area contributed by atoms with E-state index >= 15 is 0 Å². The van der Waals surface area contributed by atoms with Crippen LogP contribution in [0.4, 0.5) is 5.69 Å². The van der Waals surface area contributed by atoms with Crippen molar-refractivity contribution in [1.29, 1.82) is 0 Å². The largest absolute Gasteiger partial charge is 0.497 e. The number of nitrogens with one attached hydrogen (secondary N) is 2. The van der Waals surface area contributed by atoms with Crippen LogP contribution in [0.3, 0.4) is 0 Å². The third kappa shape index (κ3) is 4.99. The quantitative estimate of drug-likeness (QED) is 0.860. The molecule has 0 radical (unpaired) electrons. The number of carbonyl (C=O) groups is 2. The van der Waals surface area contributed by atoms with Gasteiger partial charge in [-0.2, -0.15) is 0 Å². The normalized spacial score (nSPS) is 10.8. The molecule has 0 bridgehead atoms. The van der Waals surface area contributed by atoms with Gasteiger partial charge < -0.3 is 20.1 Å². The molecule has 0 saturated heterocycles. The number of hydrogen-bond acceptors (Lipinski definition) is 4. The highest BCUT2D eigenvalue weighted by Crippen LogP contribution is 2.29. The minimum Gasteiger partial charge on any atom is -0.497 e. The molecule has 0 atom stereocenters. The van der Waals surface area contributed by atoms with Crippen LogP contribution in [0.15, 0.2) is 42.5 Å². The molecular weight excluding hydrogens is 332 g/mol. The van der Waals surface area contributed by atoms with Gasteiger partial charge in [-0.1, -0.05) is 6.07 Å². The summed E-state index contributed by atoms with van der Waals surface area (Å²) in [7, 11) is 3.07. The minimum absolute atomic E-state index is 0.228. The first-order valence-corrected chi connectivity index (χ1v) is 8.19. The zero-order chi connectivity index (χ0) is 19.3. The second-order valence-electron chi connectivity index (χ2n) is 6.81. The number of carbonyl (C=O) groups excluding carboxylic acids is 2. The molecule has 6 nitrogen and oxygen atoms in total. The number of hydrogen-bond donors (Lipinski definition) is 2. The van der Waals surface area contributed by atoms with Crippen molar-refractivity contribution in [2.75, 3.05) is 19.5 Å². The Hall–Kier alpha value is -3.02. The first kappa shape index (κ1) is 19.3. The average Bonchev–Trinajstić information content (AvgIpc) is 2.60. The number of methoxy groups -OCH3 is 2. The summed E-state index contributed by atoms with van der Waals surface area (Å²) in [4.78, 5) is 24.9. The molecule has 2 aromatic rings. The van der Waals surface area contributed by atoms with Gasteiger partial charge in [0.05, 0.1) is 19.9 Å². The van der Waals surface area contributed by atoms with Crippen LogP contribution in [-0.4, -0.2) is 31.6 Å². The lowest BCUT2D eigenvalue weighted by Crippen LogP contribution is -2.40. The van der Waals surface area contributed by atoms with Crippen molar-refractivity contribution in [2.45, 2.75) is 26.3 Å². The van der Waals surface area contributed by atoms with Crippen LogP contribution in [0.2, 0.25) is 0 Å². The molecule has 2 amide bonds. The van der Waals surface area contributed by atoms with E-state index in [1.807, 2.05) is 20.8 Å². The molecule has 0 aliphatic rings. The van der Waals surface area contributed by atoms with Crippen LogP contribution >= 0.6 is 0 Å². The van der Waals surface area contributed by atoms with Gasteiger partial charge in [-0.25, -0.2) is 0 Å². The molecule has 0 fully saturated rings. The third-order valence-corrected chi connectivity index (χ3v) is 3.53. The predicted octanol–water partition coefficient (Wildman–Crippen LogP) is 3.48. The molecule has 0 saturated carbocycles. The van der Waals surface area contributed by atoms with E-state index in [4.69, 9.17) is 9.47 Å². The second-order valence-corrected chi connectivity index (χ2v) is 6.81. The summed E-state index contributed by atoms with van der Waals surface area (Å²) in [5.41, 5.74) is 0.966. The molecule has 0 aromatic heterocycles. The third-order valence-electron chi connectivity index (χ3n) is 3.53. The lowest BCUT2D eigenvalue weighted by molar-refractivity contribution is 0.0919. The molecule has 0 spiro atoms. The van der Waals surface area contributed by atoms with Crippen molar-refractivity contribution < 1.29 is 19.1 Å². The Kier molecular flexibility index (Phi) is 5.87. The first-order chi connectivity index (χ1) is 12.2. The summed E-state index contributed by atoms with van der Waals surface area (Å²) >= 11 is 0. The van der Waals surface area contributed by atoms with Crippen molar-refractivity contribution >= 4 is 17.5 Å². The van der Waals surface area contributed by atoms with Crippen LogP contribution in [0.1, 0.15) is 41.5 Å². The maximum atomic E-state index is 12.6. The fraction of sp³-hybridized carbons (Fsp3) is 0.300. The Balaban J connectivity index is 2.20. The number of anilines is 1.